The maximum Gasteiger partial charge on any atom is 0.338 e. The van der Waals surface area contributed by atoms with Gasteiger partial charge in [0.25, 0.3) is 5.91 Å². The Balaban J connectivity index is 1.21. The molecule has 1 N–H and O–H groups in total. The van der Waals surface area contributed by atoms with Crippen LogP contribution in [0.15, 0.2) is 78.9 Å². The molecule has 0 aromatic heterocycles. The third-order valence-electron chi connectivity index (χ3n) is 4.75. The minimum atomic E-state index is -0.600. The second kappa shape index (κ2) is 10.3. The zero-order valence-electron chi connectivity index (χ0n) is 17.4. The van der Waals surface area contributed by atoms with Crippen molar-refractivity contribution >= 4 is 11.9 Å². The molecule has 0 fully saturated rings. The topological polar surface area (TPSA) is 83.1 Å². The summed E-state index contributed by atoms with van der Waals surface area (Å²) >= 11 is 0. The Labute approximate surface area is 185 Å². The lowest BCUT2D eigenvalue weighted by Gasteiger charge is -2.26. The van der Waals surface area contributed by atoms with E-state index < -0.39 is 18.5 Å². The molecule has 1 atom stereocenters. The second-order valence-corrected chi connectivity index (χ2v) is 7.18. The fourth-order valence-corrected chi connectivity index (χ4v) is 3.11. The molecule has 0 saturated heterocycles. The zero-order valence-corrected chi connectivity index (χ0v) is 17.4. The van der Waals surface area contributed by atoms with Gasteiger partial charge in [0, 0.05) is 0 Å². The molecular weight excluding hydrogens is 410 g/mol. The van der Waals surface area contributed by atoms with Crippen LogP contribution in [0.1, 0.15) is 15.9 Å². The first-order valence-corrected chi connectivity index (χ1v) is 10.3. The summed E-state index contributed by atoms with van der Waals surface area (Å²) in [6.07, 6.45) is -0.317. The van der Waals surface area contributed by atoms with E-state index in [0.717, 1.165) is 5.56 Å². The van der Waals surface area contributed by atoms with Crippen molar-refractivity contribution in [1.82, 2.24) is 5.32 Å². The maximum absolute atomic E-state index is 12.3. The third-order valence-corrected chi connectivity index (χ3v) is 4.75. The van der Waals surface area contributed by atoms with Gasteiger partial charge < -0.3 is 24.3 Å². The van der Waals surface area contributed by atoms with Crippen molar-refractivity contribution < 1.29 is 28.5 Å². The zero-order chi connectivity index (χ0) is 22.2. The van der Waals surface area contributed by atoms with Gasteiger partial charge in [-0.25, -0.2) is 4.79 Å². The molecule has 0 saturated carbocycles. The minimum absolute atomic E-state index is 0.244. The number of nitrogens with one attached hydrogen (secondary N) is 1. The molecule has 1 heterocycles. The number of amides is 1. The molecule has 0 aliphatic carbocycles. The molecule has 4 rings (SSSR count). The largest absolute Gasteiger partial charge is 0.489 e. The average molecular weight is 433 g/mol. The lowest BCUT2D eigenvalue weighted by molar-refractivity contribution is -0.124. The number of rotatable bonds is 8. The number of carbonyl (C=O) groups excluding carboxylic acids is 2. The van der Waals surface area contributed by atoms with Crippen LogP contribution < -0.4 is 19.5 Å². The number of hydrogen-bond donors (Lipinski definition) is 1. The standard InChI is InChI=1S/C25H23NO6/c27-24(26-14-21-16-30-22-11-4-5-12-23(22)32-21)17-31-25(28)19-9-6-10-20(13-19)29-15-18-7-2-1-3-8-18/h1-13,21H,14-17H2,(H,26,27). The van der Waals surface area contributed by atoms with Gasteiger partial charge in [-0.3, -0.25) is 4.79 Å². The fourth-order valence-electron chi connectivity index (χ4n) is 3.11. The van der Waals surface area contributed by atoms with Crippen LogP contribution >= 0.6 is 0 Å². The Bertz CT molecular complexity index is 1070. The second-order valence-electron chi connectivity index (χ2n) is 7.18. The molecule has 0 radical (unpaired) electrons. The summed E-state index contributed by atoms with van der Waals surface area (Å²) in [5.41, 5.74) is 1.33. The number of ether oxygens (including phenoxy) is 4. The summed E-state index contributed by atoms with van der Waals surface area (Å²) < 4.78 is 22.2. The van der Waals surface area contributed by atoms with E-state index in [1.165, 1.54) is 0 Å². The van der Waals surface area contributed by atoms with Crippen molar-refractivity contribution in [2.24, 2.45) is 0 Å². The summed E-state index contributed by atoms with van der Waals surface area (Å²) in [6, 6.07) is 23.7. The highest BCUT2D eigenvalue weighted by Gasteiger charge is 2.21. The van der Waals surface area contributed by atoms with E-state index in [9.17, 15) is 9.59 Å². The summed E-state index contributed by atoms with van der Waals surface area (Å²) in [5.74, 6) is 0.842. The first-order valence-electron chi connectivity index (χ1n) is 10.3. The highest BCUT2D eigenvalue weighted by atomic mass is 16.6. The van der Waals surface area contributed by atoms with Crippen molar-refractivity contribution in [2.45, 2.75) is 12.7 Å². The molecule has 3 aromatic carbocycles. The number of benzene rings is 3. The van der Waals surface area contributed by atoms with Crippen molar-refractivity contribution in [3.8, 4) is 17.2 Å². The summed E-state index contributed by atoms with van der Waals surface area (Å²) in [4.78, 5) is 24.4. The van der Waals surface area contributed by atoms with Gasteiger partial charge in [0.2, 0.25) is 0 Å². The lowest BCUT2D eigenvalue weighted by atomic mass is 10.2. The van der Waals surface area contributed by atoms with Crippen molar-refractivity contribution in [3.05, 3.63) is 90.0 Å². The van der Waals surface area contributed by atoms with Crippen LogP contribution in [0.5, 0.6) is 17.2 Å². The van der Waals surface area contributed by atoms with Gasteiger partial charge in [-0.1, -0.05) is 48.5 Å². The van der Waals surface area contributed by atoms with Gasteiger partial charge >= 0.3 is 5.97 Å². The minimum Gasteiger partial charge on any atom is -0.489 e. The Morgan fingerprint density at radius 3 is 2.56 bits per heavy atom. The van der Waals surface area contributed by atoms with E-state index in [-0.39, 0.29) is 12.6 Å². The Morgan fingerprint density at radius 1 is 0.938 bits per heavy atom. The molecule has 1 unspecified atom stereocenters. The lowest BCUT2D eigenvalue weighted by Crippen LogP contribution is -2.42. The van der Waals surface area contributed by atoms with Crippen LogP contribution in [0, 0.1) is 0 Å². The number of hydrogen-bond acceptors (Lipinski definition) is 6. The first kappa shape index (κ1) is 21.2. The van der Waals surface area contributed by atoms with E-state index in [4.69, 9.17) is 18.9 Å². The molecule has 1 aliphatic rings. The van der Waals surface area contributed by atoms with Gasteiger partial charge in [-0.05, 0) is 35.9 Å². The van der Waals surface area contributed by atoms with Crippen LogP contribution in [0.25, 0.3) is 0 Å². The van der Waals surface area contributed by atoms with Crippen LogP contribution in [0.3, 0.4) is 0 Å². The smallest absolute Gasteiger partial charge is 0.338 e. The van der Waals surface area contributed by atoms with Crippen LogP contribution in [0.4, 0.5) is 0 Å². The van der Waals surface area contributed by atoms with E-state index in [1.54, 1.807) is 24.3 Å². The number of para-hydroxylation sites is 2. The van der Waals surface area contributed by atoms with E-state index in [1.807, 2.05) is 54.6 Å². The highest BCUT2D eigenvalue weighted by Crippen LogP contribution is 2.30. The number of fused-ring (bicyclic) bond motifs is 1. The van der Waals surface area contributed by atoms with E-state index in [2.05, 4.69) is 5.32 Å². The maximum atomic E-state index is 12.3. The van der Waals surface area contributed by atoms with Crippen molar-refractivity contribution in [2.75, 3.05) is 19.8 Å². The molecule has 0 spiro atoms. The van der Waals surface area contributed by atoms with Gasteiger partial charge in [0.1, 0.15) is 25.1 Å². The predicted molar refractivity (Wildman–Crippen MR) is 117 cm³/mol. The molecule has 7 heteroatoms. The van der Waals surface area contributed by atoms with Gasteiger partial charge in [0.15, 0.2) is 18.1 Å². The molecule has 1 amide bonds. The number of esters is 1. The van der Waals surface area contributed by atoms with Gasteiger partial charge in [-0.2, -0.15) is 0 Å². The van der Waals surface area contributed by atoms with Gasteiger partial charge in [0.05, 0.1) is 12.1 Å². The molecule has 1 aliphatic heterocycles. The fraction of sp³-hybridized carbons (Fsp3) is 0.200. The highest BCUT2D eigenvalue weighted by molar-refractivity contribution is 5.91. The van der Waals surface area contributed by atoms with Crippen LogP contribution in [-0.4, -0.2) is 37.7 Å². The molecule has 32 heavy (non-hydrogen) atoms. The SMILES string of the molecule is O=C(COC(=O)c1cccc(OCc2ccccc2)c1)NCC1COc2ccccc2O1. The Morgan fingerprint density at radius 2 is 1.72 bits per heavy atom. The summed E-state index contributed by atoms with van der Waals surface area (Å²) in [7, 11) is 0. The van der Waals surface area contributed by atoms with E-state index in [0.29, 0.717) is 36.0 Å². The van der Waals surface area contributed by atoms with Crippen molar-refractivity contribution in [1.29, 1.82) is 0 Å². The molecule has 164 valence electrons. The molecule has 7 nitrogen and oxygen atoms in total. The van der Waals surface area contributed by atoms with Crippen LogP contribution in [0.2, 0.25) is 0 Å². The average Bonchev–Trinajstić information content (AvgIpc) is 2.85. The number of carbonyl (C=O) groups is 2. The third kappa shape index (κ3) is 5.78. The van der Waals surface area contributed by atoms with Gasteiger partial charge in [-0.15, -0.1) is 0 Å². The van der Waals surface area contributed by atoms with E-state index >= 15 is 0 Å². The Hall–Kier alpha value is -4.00. The quantitative estimate of drug-likeness (QED) is 0.549. The van der Waals surface area contributed by atoms with Crippen LogP contribution in [-0.2, 0) is 16.1 Å². The summed E-state index contributed by atoms with van der Waals surface area (Å²) in [6.45, 7) is 0.567. The monoisotopic (exact) mass is 433 g/mol. The van der Waals surface area contributed by atoms with Crippen molar-refractivity contribution in [3.63, 3.8) is 0 Å². The summed E-state index contributed by atoms with van der Waals surface area (Å²) in [5, 5.41) is 2.69. The normalized spacial score (nSPS) is 14.3. The molecule has 3 aromatic rings. The molecule has 0 bridgehead atoms. The first-order chi connectivity index (χ1) is 15.7. The Kier molecular flexibility index (Phi) is 6.87. The molecular formula is C25H23NO6. The predicted octanol–water partition coefficient (Wildman–Crippen LogP) is 3.38.